The first-order chi connectivity index (χ1) is 14.9. The molecule has 0 bridgehead atoms. The molecule has 5 nitrogen and oxygen atoms in total. The summed E-state index contributed by atoms with van der Waals surface area (Å²) < 4.78 is 0. The Balaban J connectivity index is 1.93. The molecule has 1 N–H and O–H groups in total. The van der Waals surface area contributed by atoms with E-state index in [2.05, 4.69) is 6.92 Å². The van der Waals surface area contributed by atoms with Crippen molar-refractivity contribution < 1.29 is 14.7 Å². The van der Waals surface area contributed by atoms with Crippen LogP contribution in [0.1, 0.15) is 36.1 Å². The molecule has 0 aromatic heterocycles. The molecule has 0 spiro atoms. The summed E-state index contributed by atoms with van der Waals surface area (Å²) >= 11 is 0. The van der Waals surface area contributed by atoms with E-state index in [1.165, 1.54) is 11.6 Å². The van der Waals surface area contributed by atoms with Crippen LogP contribution in [0.3, 0.4) is 0 Å². The van der Waals surface area contributed by atoms with Crippen molar-refractivity contribution in [2.24, 2.45) is 0 Å². The zero-order valence-electron chi connectivity index (χ0n) is 18.4. The Hall–Kier alpha value is -3.18. The topological polar surface area (TPSA) is 60.9 Å². The largest absolute Gasteiger partial charge is 0.503 e. The molecule has 0 fully saturated rings. The van der Waals surface area contributed by atoms with E-state index in [1.807, 2.05) is 73.6 Å². The number of allylic oxidation sites excluding steroid dienone is 1. The third kappa shape index (κ3) is 5.30. The van der Waals surface area contributed by atoms with E-state index >= 15 is 0 Å². The van der Waals surface area contributed by atoms with Gasteiger partial charge in [0, 0.05) is 6.54 Å². The molecule has 0 aliphatic carbocycles. The lowest BCUT2D eigenvalue weighted by Gasteiger charge is -2.27. The SMILES string of the molecule is CCc1ccc(C2C(C(=O)/C=C/c3ccccc3)=C(O)C(=O)N2CCCN(C)C)cc1. The molecule has 31 heavy (non-hydrogen) atoms. The summed E-state index contributed by atoms with van der Waals surface area (Å²) in [5, 5.41) is 10.7. The maximum Gasteiger partial charge on any atom is 0.290 e. The predicted octanol–water partition coefficient (Wildman–Crippen LogP) is 4.18. The molecule has 0 saturated carbocycles. The summed E-state index contributed by atoms with van der Waals surface area (Å²) in [6.45, 7) is 3.35. The molecule has 3 rings (SSSR count). The van der Waals surface area contributed by atoms with Crippen molar-refractivity contribution in [3.05, 3.63) is 88.7 Å². The van der Waals surface area contributed by atoms with Crippen LogP contribution in [0.25, 0.3) is 6.08 Å². The minimum Gasteiger partial charge on any atom is -0.503 e. The van der Waals surface area contributed by atoms with Crippen molar-refractivity contribution in [3.63, 3.8) is 0 Å². The maximum atomic E-state index is 13.1. The van der Waals surface area contributed by atoms with Crippen molar-refractivity contribution in [2.45, 2.75) is 25.8 Å². The van der Waals surface area contributed by atoms with Crippen LogP contribution in [-0.2, 0) is 16.0 Å². The Bertz CT molecular complexity index is 975. The monoisotopic (exact) mass is 418 g/mol. The van der Waals surface area contributed by atoms with Gasteiger partial charge in [0.1, 0.15) is 0 Å². The van der Waals surface area contributed by atoms with Crippen molar-refractivity contribution >= 4 is 17.8 Å². The smallest absolute Gasteiger partial charge is 0.290 e. The summed E-state index contributed by atoms with van der Waals surface area (Å²) in [5.74, 6) is -1.29. The molecular formula is C26H30N2O3. The fraction of sp³-hybridized carbons (Fsp3) is 0.308. The maximum absolute atomic E-state index is 13.1. The van der Waals surface area contributed by atoms with Crippen molar-refractivity contribution in [2.75, 3.05) is 27.2 Å². The minimum absolute atomic E-state index is 0.145. The van der Waals surface area contributed by atoms with E-state index in [9.17, 15) is 14.7 Å². The number of aliphatic hydroxyl groups excluding tert-OH is 1. The quantitative estimate of drug-likeness (QED) is 0.621. The van der Waals surface area contributed by atoms with E-state index in [0.29, 0.717) is 6.54 Å². The van der Waals surface area contributed by atoms with Crippen molar-refractivity contribution in [3.8, 4) is 0 Å². The number of aliphatic hydroxyl groups is 1. The standard InChI is InChI=1S/C26H30N2O3/c1-4-19-11-14-21(15-12-19)24-23(22(29)16-13-20-9-6-5-7-10-20)25(30)26(31)28(24)18-8-17-27(2)3/h5-7,9-16,24,30H,4,8,17-18H2,1-3H3/b16-13+. The Morgan fingerprint density at radius 3 is 2.39 bits per heavy atom. The summed E-state index contributed by atoms with van der Waals surface area (Å²) in [4.78, 5) is 29.7. The number of nitrogens with zero attached hydrogens (tertiary/aromatic N) is 2. The van der Waals surface area contributed by atoms with E-state index in [1.54, 1.807) is 11.0 Å². The van der Waals surface area contributed by atoms with Crippen LogP contribution in [-0.4, -0.2) is 53.8 Å². The average Bonchev–Trinajstić information content (AvgIpc) is 3.03. The van der Waals surface area contributed by atoms with Gasteiger partial charge in [-0.3, -0.25) is 9.59 Å². The van der Waals surface area contributed by atoms with Crippen LogP contribution in [0.2, 0.25) is 0 Å². The van der Waals surface area contributed by atoms with E-state index in [-0.39, 0.29) is 11.4 Å². The highest BCUT2D eigenvalue weighted by Gasteiger charge is 2.42. The summed E-state index contributed by atoms with van der Waals surface area (Å²) in [5.41, 5.74) is 3.03. The Morgan fingerprint density at radius 2 is 1.77 bits per heavy atom. The predicted molar refractivity (Wildman–Crippen MR) is 124 cm³/mol. The van der Waals surface area contributed by atoms with Crippen molar-refractivity contribution in [1.29, 1.82) is 0 Å². The highest BCUT2D eigenvalue weighted by atomic mass is 16.3. The Labute approximate surface area is 184 Å². The zero-order chi connectivity index (χ0) is 22.4. The molecule has 0 saturated heterocycles. The fourth-order valence-corrected chi connectivity index (χ4v) is 3.80. The first-order valence-corrected chi connectivity index (χ1v) is 10.7. The summed E-state index contributed by atoms with van der Waals surface area (Å²) in [7, 11) is 3.96. The highest BCUT2D eigenvalue weighted by molar-refractivity contribution is 6.14. The molecular weight excluding hydrogens is 388 g/mol. The van der Waals surface area contributed by atoms with E-state index < -0.39 is 17.7 Å². The van der Waals surface area contributed by atoms with Gasteiger partial charge in [0.2, 0.25) is 0 Å². The first kappa shape index (κ1) is 22.5. The van der Waals surface area contributed by atoms with Gasteiger partial charge in [0.05, 0.1) is 11.6 Å². The van der Waals surface area contributed by atoms with Crippen molar-refractivity contribution in [1.82, 2.24) is 9.80 Å². The number of carbonyl (C=O) groups excluding carboxylic acids is 2. The van der Waals surface area contributed by atoms with E-state index in [4.69, 9.17) is 0 Å². The van der Waals surface area contributed by atoms with Gasteiger partial charge < -0.3 is 14.9 Å². The number of rotatable bonds is 9. The minimum atomic E-state index is -0.589. The number of hydrogen-bond donors (Lipinski definition) is 1. The fourth-order valence-electron chi connectivity index (χ4n) is 3.80. The van der Waals surface area contributed by atoms with Crippen LogP contribution in [0.5, 0.6) is 0 Å². The third-order valence-corrected chi connectivity index (χ3v) is 5.50. The van der Waals surface area contributed by atoms with Gasteiger partial charge in [-0.05, 0) is 56.2 Å². The van der Waals surface area contributed by atoms with Gasteiger partial charge in [-0.25, -0.2) is 0 Å². The number of ketones is 1. The lowest BCUT2D eigenvalue weighted by Crippen LogP contribution is -2.33. The number of aryl methyl sites for hydroxylation is 1. The number of carbonyl (C=O) groups is 2. The number of amides is 1. The van der Waals surface area contributed by atoms with Crippen LogP contribution in [0.4, 0.5) is 0 Å². The molecule has 1 amide bonds. The van der Waals surface area contributed by atoms with Gasteiger partial charge in [0.15, 0.2) is 11.5 Å². The second kappa shape index (κ2) is 10.2. The van der Waals surface area contributed by atoms with Crippen LogP contribution < -0.4 is 0 Å². The molecule has 1 unspecified atom stereocenters. The normalized spacial score (nSPS) is 16.7. The number of hydrogen-bond acceptors (Lipinski definition) is 4. The lowest BCUT2D eigenvalue weighted by atomic mass is 9.94. The van der Waals surface area contributed by atoms with Crippen LogP contribution >= 0.6 is 0 Å². The summed E-state index contributed by atoms with van der Waals surface area (Å²) in [6.07, 6.45) is 4.80. The second-order valence-corrected chi connectivity index (χ2v) is 8.02. The lowest BCUT2D eigenvalue weighted by molar-refractivity contribution is -0.129. The molecule has 2 aromatic rings. The van der Waals surface area contributed by atoms with Gasteiger partial charge in [0.25, 0.3) is 5.91 Å². The molecule has 1 aliphatic heterocycles. The van der Waals surface area contributed by atoms with E-state index in [0.717, 1.165) is 30.5 Å². The average molecular weight is 419 g/mol. The molecule has 1 heterocycles. The zero-order valence-corrected chi connectivity index (χ0v) is 18.4. The molecule has 2 aromatic carbocycles. The molecule has 162 valence electrons. The van der Waals surface area contributed by atoms with Gasteiger partial charge in [-0.2, -0.15) is 0 Å². The van der Waals surface area contributed by atoms with Gasteiger partial charge >= 0.3 is 0 Å². The third-order valence-electron chi connectivity index (χ3n) is 5.50. The summed E-state index contributed by atoms with van der Waals surface area (Å²) in [6, 6.07) is 16.8. The highest BCUT2D eigenvalue weighted by Crippen LogP contribution is 2.38. The molecule has 5 heteroatoms. The number of benzene rings is 2. The molecule has 1 atom stereocenters. The first-order valence-electron chi connectivity index (χ1n) is 10.7. The van der Waals surface area contributed by atoms with Gasteiger partial charge in [-0.15, -0.1) is 0 Å². The van der Waals surface area contributed by atoms with Crippen LogP contribution in [0.15, 0.2) is 72.0 Å². The molecule has 0 radical (unpaired) electrons. The second-order valence-electron chi connectivity index (χ2n) is 8.02. The Morgan fingerprint density at radius 1 is 1.10 bits per heavy atom. The Kier molecular flexibility index (Phi) is 7.42. The van der Waals surface area contributed by atoms with Gasteiger partial charge in [-0.1, -0.05) is 67.6 Å². The van der Waals surface area contributed by atoms with Crippen LogP contribution in [0, 0.1) is 0 Å². The molecule has 1 aliphatic rings.